The van der Waals surface area contributed by atoms with Gasteiger partial charge < -0.3 is 0 Å². The van der Waals surface area contributed by atoms with Gasteiger partial charge in [0.25, 0.3) is 0 Å². The lowest BCUT2D eigenvalue weighted by Gasteiger charge is -2.02. The van der Waals surface area contributed by atoms with Gasteiger partial charge in [0.05, 0.1) is 0 Å². The van der Waals surface area contributed by atoms with Crippen molar-refractivity contribution in [1.82, 2.24) is 4.98 Å². The average Bonchev–Trinajstić information content (AvgIpc) is 2.40. The van der Waals surface area contributed by atoms with Gasteiger partial charge in [-0.25, -0.2) is 0 Å². The van der Waals surface area contributed by atoms with Crippen molar-refractivity contribution in [2.24, 2.45) is 0 Å². The van der Waals surface area contributed by atoms with Gasteiger partial charge in [-0.05, 0) is 35.7 Å². The number of benzene rings is 1. The molecule has 0 saturated heterocycles. The first-order chi connectivity index (χ1) is 8.74. The number of hydrogen-bond acceptors (Lipinski definition) is 2. The van der Waals surface area contributed by atoms with Crippen molar-refractivity contribution in [2.75, 3.05) is 0 Å². The van der Waals surface area contributed by atoms with Crippen LogP contribution in [0.25, 0.3) is 0 Å². The molecule has 0 aliphatic rings. The molecule has 0 aliphatic carbocycles. The smallest absolute Gasteiger partial charge is 0.137 e. The van der Waals surface area contributed by atoms with Crippen LogP contribution in [-0.2, 0) is 17.6 Å². The Hall–Kier alpha value is -1.67. The summed E-state index contributed by atoms with van der Waals surface area (Å²) >= 11 is 5.80. The maximum atomic E-state index is 11.8. The molecule has 3 heteroatoms. The lowest BCUT2D eigenvalue weighted by molar-refractivity contribution is -0.118. The standard InChI is InChI=1S/C15H14ClNO/c16-14-6-3-12(4-7-14)10-15(18)8-5-13-2-1-9-17-11-13/h1-4,6-7,9,11H,5,8,10H2. The van der Waals surface area contributed by atoms with Crippen molar-refractivity contribution in [2.45, 2.75) is 19.3 Å². The minimum absolute atomic E-state index is 0.237. The average molecular weight is 260 g/mol. The fourth-order valence-corrected chi connectivity index (χ4v) is 1.87. The first-order valence-electron chi connectivity index (χ1n) is 5.89. The van der Waals surface area contributed by atoms with E-state index in [1.54, 1.807) is 12.4 Å². The number of halogens is 1. The largest absolute Gasteiger partial charge is 0.299 e. The summed E-state index contributed by atoms with van der Waals surface area (Å²) in [6.07, 6.45) is 5.31. The molecule has 0 bridgehead atoms. The third kappa shape index (κ3) is 3.97. The fraction of sp³-hybridized carbons (Fsp3) is 0.200. The second-order valence-electron chi connectivity index (χ2n) is 4.20. The van der Waals surface area contributed by atoms with Crippen LogP contribution < -0.4 is 0 Å². The number of Topliss-reactive ketones (excluding diaryl/α,β-unsaturated/α-hetero) is 1. The summed E-state index contributed by atoms with van der Waals surface area (Å²) in [4.78, 5) is 15.8. The Bertz CT molecular complexity index is 508. The van der Waals surface area contributed by atoms with Crippen LogP contribution in [-0.4, -0.2) is 10.8 Å². The van der Waals surface area contributed by atoms with Crippen molar-refractivity contribution in [1.29, 1.82) is 0 Å². The van der Waals surface area contributed by atoms with Gasteiger partial charge in [0, 0.05) is 30.3 Å². The normalized spacial score (nSPS) is 10.3. The molecule has 2 rings (SSSR count). The van der Waals surface area contributed by atoms with Crippen LogP contribution in [0.15, 0.2) is 48.8 Å². The van der Waals surface area contributed by atoms with E-state index in [-0.39, 0.29) is 5.78 Å². The highest BCUT2D eigenvalue weighted by Gasteiger charge is 2.04. The van der Waals surface area contributed by atoms with Crippen molar-refractivity contribution >= 4 is 17.4 Å². The molecule has 1 heterocycles. The molecule has 1 aromatic carbocycles. The van der Waals surface area contributed by atoms with Crippen LogP contribution in [0.3, 0.4) is 0 Å². The van der Waals surface area contributed by atoms with E-state index in [1.807, 2.05) is 36.4 Å². The molecule has 0 aliphatic heterocycles. The molecule has 0 N–H and O–H groups in total. The third-order valence-corrected chi connectivity index (χ3v) is 2.98. The van der Waals surface area contributed by atoms with Crippen LogP contribution in [0, 0.1) is 0 Å². The summed E-state index contributed by atoms with van der Waals surface area (Å²) in [6.45, 7) is 0. The SMILES string of the molecule is O=C(CCc1cccnc1)Cc1ccc(Cl)cc1. The highest BCUT2D eigenvalue weighted by molar-refractivity contribution is 6.30. The van der Waals surface area contributed by atoms with Crippen LogP contribution in [0.1, 0.15) is 17.5 Å². The molecule has 2 nitrogen and oxygen atoms in total. The molecule has 0 unspecified atom stereocenters. The van der Waals surface area contributed by atoms with E-state index in [9.17, 15) is 4.79 Å². The molecule has 0 spiro atoms. The summed E-state index contributed by atoms with van der Waals surface area (Å²) in [6, 6.07) is 11.3. The van der Waals surface area contributed by atoms with Crippen molar-refractivity contribution < 1.29 is 4.79 Å². The number of hydrogen-bond donors (Lipinski definition) is 0. The summed E-state index contributed by atoms with van der Waals surface area (Å²) in [5.41, 5.74) is 2.11. The summed E-state index contributed by atoms with van der Waals surface area (Å²) in [5.74, 6) is 0.237. The number of ketones is 1. The number of nitrogens with zero attached hydrogens (tertiary/aromatic N) is 1. The summed E-state index contributed by atoms with van der Waals surface area (Å²) in [5, 5.41) is 0.696. The molecule has 0 fully saturated rings. The predicted octanol–water partition coefficient (Wildman–Crippen LogP) is 3.48. The van der Waals surface area contributed by atoms with E-state index in [0.29, 0.717) is 17.9 Å². The number of rotatable bonds is 5. The summed E-state index contributed by atoms with van der Waals surface area (Å²) < 4.78 is 0. The zero-order chi connectivity index (χ0) is 12.8. The minimum Gasteiger partial charge on any atom is -0.299 e. The zero-order valence-corrected chi connectivity index (χ0v) is 10.7. The van der Waals surface area contributed by atoms with E-state index < -0.39 is 0 Å². The topological polar surface area (TPSA) is 30.0 Å². The Kier molecular flexibility index (Phi) is 4.48. The molecule has 0 atom stereocenters. The van der Waals surface area contributed by atoms with Gasteiger partial charge in [-0.1, -0.05) is 29.8 Å². The predicted molar refractivity (Wildman–Crippen MR) is 72.7 cm³/mol. The molecular formula is C15H14ClNO. The fourth-order valence-electron chi connectivity index (χ4n) is 1.75. The van der Waals surface area contributed by atoms with Gasteiger partial charge in [-0.3, -0.25) is 9.78 Å². The molecule has 0 radical (unpaired) electrons. The van der Waals surface area contributed by atoms with Gasteiger partial charge in [-0.2, -0.15) is 0 Å². The maximum absolute atomic E-state index is 11.8. The quantitative estimate of drug-likeness (QED) is 0.823. The maximum Gasteiger partial charge on any atom is 0.137 e. The third-order valence-electron chi connectivity index (χ3n) is 2.73. The second-order valence-corrected chi connectivity index (χ2v) is 4.64. The number of aromatic nitrogens is 1. The van der Waals surface area contributed by atoms with Gasteiger partial charge in [0.2, 0.25) is 0 Å². The number of carbonyl (C=O) groups is 1. The molecular weight excluding hydrogens is 246 g/mol. The molecule has 2 aromatic rings. The highest BCUT2D eigenvalue weighted by Crippen LogP contribution is 2.11. The summed E-state index contributed by atoms with van der Waals surface area (Å²) in [7, 11) is 0. The Morgan fingerprint density at radius 1 is 1.11 bits per heavy atom. The first kappa shape index (κ1) is 12.8. The number of carbonyl (C=O) groups excluding carboxylic acids is 1. The minimum atomic E-state index is 0.237. The van der Waals surface area contributed by atoms with Crippen molar-refractivity contribution in [3.8, 4) is 0 Å². The lowest BCUT2D eigenvalue weighted by Crippen LogP contribution is -2.04. The molecule has 0 saturated carbocycles. The van der Waals surface area contributed by atoms with Gasteiger partial charge in [-0.15, -0.1) is 0 Å². The van der Waals surface area contributed by atoms with Crippen LogP contribution in [0.5, 0.6) is 0 Å². The highest BCUT2D eigenvalue weighted by atomic mass is 35.5. The van der Waals surface area contributed by atoms with E-state index in [0.717, 1.165) is 17.5 Å². The number of aryl methyl sites for hydroxylation is 1. The lowest BCUT2D eigenvalue weighted by atomic mass is 10.0. The Morgan fingerprint density at radius 2 is 1.89 bits per heavy atom. The Morgan fingerprint density at radius 3 is 2.56 bits per heavy atom. The molecule has 18 heavy (non-hydrogen) atoms. The van der Waals surface area contributed by atoms with Crippen LogP contribution >= 0.6 is 11.6 Å². The van der Waals surface area contributed by atoms with E-state index >= 15 is 0 Å². The Balaban J connectivity index is 1.84. The van der Waals surface area contributed by atoms with Crippen molar-refractivity contribution in [3.05, 3.63) is 64.9 Å². The Labute approximate surface area is 112 Å². The van der Waals surface area contributed by atoms with E-state index in [4.69, 9.17) is 11.6 Å². The van der Waals surface area contributed by atoms with Gasteiger partial charge in [0.1, 0.15) is 5.78 Å². The second kappa shape index (κ2) is 6.31. The van der Waals surface area contributed by atoms with Gasteiger partial charge >= 0.3 is 0 Å². The van der Waals surface area contributed by atoms with E-state index in [2.05, 4.69) is 4.98 Å². The van der Waals surface area contributed by atoms with Crippen molar-refractivity contribution in [3.63, 3.8) is 0 Å². The number of pyridine rings is 1. The monoisotopic (exact) mass is 259 g/mol. The van der Waals surface area contributed by atoms with E-state index in [1.165, 1.54) is 0 Å². The van der Waals surface area contributed by atoms with Crippen LogP contribution in [0.4, 0.5) is 0 Å². The first-order valence-corrected chi connectivity index (χ1v) is 6.27. The molecule has 1 aromatic heterocycles. The molecule has 0 amide bonds. The van der Waals surface area contributed by atoms with Gasteiger partial charge in [0.15, 0.2) is 0 Å². The van der Waals surface area contributed by atoms with Crippen LogP contribution in [0.2, 0.25) is 5.02 Å². The molecule has 92 valence electrons. The zero-order valence-electron chi connectivity index (χ0n) is 9.97.